The predicted octanol–water partition coefficient (Wildman–Crippen LogP) is 2.97. The molecule has 0 spiro atoms. The fraction of sp³-hybridized carbons (Fsp3) is 0.632. The molecule has 2 aliphatic rings. The number of nitrogens with zero attached hydrogens (tertiary/aromatic N) is 3. The molecule has 1 saturated carbocycles. The first-order valence-electron chi connectivity index (χ1n) is 8.98. The van der Waals surface area contributed by atoms with Gasteiger partial charge in [0.25, 0.3) is 0 Å². The van der Waals surface area contributed by atoms with Crippen molar-refractivity contribution in [3.8, 4) is 0 Å². The number of benzene rings is 1. The lowest BCUT2D eigenvalue weighted by Crippen LogP contribution is -2.37. The molecule has 126 valence electrons. The minimum absolute atomic E-state index is 0.614. The molecule has 1 heterocycles. The van der Waals surface area contributed by atoms with E-state index in [0.717, 1.165) is 6.54 Å². The molecule has 1 aromatic carbocycles. The van der Waals surface area contributed by atoms with Crippen LogP contribution < -0.4 is 5.73 Å². The summed E-state index contributed by atoms with van der Waals surface area (Å²) in [4.78, 5) is 9.35. The minimum atomic E-state index is 0.614. The number of likely N-dealkylation sites (tertiary alicyclic amines) is 1. The molecule has 4 heteroatoms. The zero-order valence-electron chi connectivity index (χ0n) is 14.5. The van der Waals surface area contributed by atoms with Crippen molar-refractivity contribution in [1.29, 1.82) is 0 Å². The fourth-order valence-electron chi connectivity index (χ4n) is 3.40. The van der Waals surface area contributed by atoms with Gasteiger partial charge in [0.2, 0.25) is 0 Å². The number of rotatable bonds is 5. The van der Waals surface area contributed by atoms with Crippen LogP contribution in [0.15, 0.2) is 29.3 Å². The Hall–Kier alpha value is -1.55. The van der Waals surface area contributed by atoms with Gasteiger partial charge >= 0.3 is 0 Å². The van der Waals surface area contributed by atoms with Crippen molar-refractivity contribution in [3.05, 3.63) is 35.4 Å². The van der Waals surface area contributed by atoms with Crippen molar-refractivity contribution >= 4 is 5.96 Å². The molecule has 1 aromatic rings. The third-order valence-electron chi connectivity index (χ3n) is 5.30. The highest BCUT2D eigenvalue weighted by Crippen LogP contribution is 2.25. The van der Waals surface area contributed by atoms with Crippen LogP contribution in [0.4, 0.5) is 0 Å². The van der Waals surface area contributed by atoms with Crippen LogP contribution in [0.25, 0.3) is 0 Å². The van der Waals surface area contributed by atoms with E-state index < -0.39 is 0 Å². The Morgan fingerprint density at radius 3 is 2.65 bits per heavy atom. The molecule has 23 heavy (non-hydrogen) atoms. The zero-order chi connectivity index (χ0) is 16.2. The summed E-state index contributed by atoms with van der Waals surface area (Å²) in [5.41, 5.74) is 8.83. The molecule has 1 unspecified atom stereocenters. The van der Waals surface area contributed by atoms with Crippen LogP contribution in [-0.4, -0.2) is 41.4 Å². The van der Waals surface area contributed by atoms with E-state index in [9.17, 15) is 0 Å². The normalized spacial score (nSPS) is 23.0. The number of guanidine groups is 1. The zero-order valence-corrected chi connectivity index (χ0v) is 14.5. The van der Waals surface area contributed by atoms with Gasteiger partial charge in [0, 0.05) is 25.7 Å². The first-order valence-corrected chi connectivity index (χ1v) is 8.98. The van der Waals surface area contributed by atoms with Gasteiger partial charge in [-0.3, -0.25) is 4.90 Å². The molecule has 1 aliphatic carbocycles. The molecule has 1 aliphatic heterocycles. The largest absolute Gasteiger partial charge is 0.370 e. The predicted molar refractivity (Wildman–Crippen MR) is 96.3 cm³/mol. The second-order valence-electron chi connectivity index (χ2n) is 7.10. The first kappa shape index (κ1) is 16.3. The van der Waals surface area contributed by atoms with Gasteiger partial charge in [0.05, 0.1) is 6.54 Å². The van der Waals surface area contributed by atoms with Gasteiger partial charge in [-0.05, 0) is 50.3 Å². The Bertz CT molecular complexity index is 550. The van der Waals surface area contributed by atoms with Crippen molar-refractivity contribution < 1.29 is 0 Å². The molecule has 4 nitrogen and oxygen atoms in total. The van der Waals surface area contributed by atoms with Crippen LogP contribution in [0.2, 0.25) is 0 Å². The van der Waals surface area contributed by atoms with Crippen LogP contribution in [0.3, 0.4) is 0 Å². The summed E-state index contributed by atoms with van der Waals surface area (Å²) in [5.74, 6) is 0.675. The quantitative estimate of drug-likeness (QED) is 0.671. The van der Waals surface area contributed by atoms with Gasteiger partial charge in [0.1, 0.15) is 0 Å². The summed E-state index contributed by atoms with van der Waals surface area (Å²) >= 11 is 0. The van der Waals surface area contributed by atoms with Crippen molar-refractivity contribution in [2.45, 2.75) is 64.2 Å². The van der Waals surface area contributed by atoms with Crippen molar-refractivity contribution in [2.24, 2.45) is 10.7 Å². The van der Waals surface area contributed by atoms with Crippen molar-refractivity contribution in [1.82, 2.24) is 9.80 Å². The fourth-order valence-corrected chi connectivity index (χ4v) is 3.40. The van der Waals surface area contributed by atoms with Crippen LogP contribution in [0.1, 0.15) is 50.2 Å². The lowest BCUT2D eigenvalue weighted by molar-refractivity contribution is 0.152. The van der Waals surface area contributed by atoms with E-state index in [2.05, 4.69) is 53.0 Å². The number of hydrogen-bond acceptors (Lipinski definition) is 2. The molecule has 2 N–H and O–H groups in total. The summed E-state index contributed by atoms with van der Waals surface area (Å²) < 4.78 is 0. The maximum atomic E-state index is 6.13. The summed E-state index contributed by atoms with van der Waals surface area (Å²) in [6.45, 7) is 5.28. The molecule has 2 fully saturated rings. The molecule has 0 amide bonds. The average Bonchev–Trinajstić information content (AvgIpc) is 3.40. The van der Waals surface area contributed by atoms with Crippen LogP contribution >= 0.6 is 0 Å². The van der Waals surface area contributed by atoms with Crippen LogP contribution in [-0.2, 0) is 13.1 Å². The van der Waals surface area contributed by atoms with Gasteiger partial charge in [-0.1, -0.05) is 30.7 Å². The van der Waals surface area contributed by atoms with E-state index in [-0.39, 0.29) is 0 Å². The van der Waals surface area contributed by atoms with Crippen molar-refractivity contribution in [3.63, 3.8) is 0 Å². The standard InChI is InChI=1S/C19H30N4/c1-15-7-5-6-12-23(15)14-17-9-4-3-8-16(17)13-21-19(20)22(2)18-10-11-18/h3-4,8-9,15,18H,5-7,10-14H2,1-2H3,(H2,20,21). The summed E-state index contributed by atoms with van der Waals surface area (Å²) in [6.07, 6.45) is 6.50. The Balaban J connectivity index is 1.66. The smallest absolute Gasteiger partial charge is 0.191 e. The lowest BCUT2D eigenvalue weighted by Gasteiger charge is -2.33. The second kappa shape index (κ2) is 7.35. The molecular weight excluding hydrogens is 284 g/mol. The minimum Gasteiger partial charge on any atom is -0.370 e. The highest BCUT2D eigenvalue weighted by Gasteiger charge is 2.27. The highest BCUT2D eigenvalue weighted by molar-refractivity contribution is 5.78. The topological polar surface area (TPSA) is 44.9 Å². The lowest BCUT2D eigenvalue weighted by atomic mass is 10.0. The van der Waals surface area contributed by atoms with E-state index in [1.54, 1.807) is 0 Å². The number of aliphatic imine (C=N–C) groups is 1. The van der Waals surface area contributed by atoms with E-state index >= 15 is 0 Å². The van der Waals surface area contributed by atoms with E-state index in [0.29, 0.717) is 24.6 Å². The maximum absolute atomic E-state index is 6.13. The molecule has 0 radical (unpaired) electrons. The summed E-state index contributed by atoms with van der Waals surface area (Å²) in [5, 5.41) is 0. The third kappa shape index (κ3) is 4.25. The molecular formula is C19H30N4. The SMILES string of the molecule is CC1CCCCN1Cc1ccccc1CN=C(N)N(C)C1CC1. The van der Waals surface area contributed by atoms with Gasteiger partial charge in [-0.15, -0.1) is 0 Å². The van der Waals surface area contributed by atoms with Gasteiger partial charge < -0.3 is 10.6 Å². The Kier molecular flexibility index (Phi) is 5.21. The van der Waals surface area contributed by atoms with Gasteiger partial charge in [-0.2, -0.15) is 0 Å². The first-order chi connectivity index (χ1) is 11.1. The van der Waals surface area contributed by atoms with Gasteiger partial charge in [-0.25, -0.2) is 4.99 Å². The Morgan fingerprint density at radius 2 is 1.96 bits per heavy atom. The van der Waals surface area contributed by atoms with E-state index in [1.165, 1.54) is 49.8 Å². The number of hydrogen-bond donors (Lipinski definition) is 1. The van der Waals surface area contributed by atoms with E-state index in [4.69, 9.17) is 5.73 Å². The second-order valence-corrected chi connectivity index (χ2v) is 7.10. The molecule has 1 saturated heterocycles. The van der Waals surface area contributed by atoms with Crippen LogP contribution in [0.5, 0.6) is 0 Å². The summed E-state index contributed by atoms with van der Waals surface area (Å²) in [7, 11) is 2.05. The number of piperidine rings is 1. The molecule has 1 atom stereocenters. The van der Waals surface area contributed by atoms with Crippen LogP contribution in [0, 0.1) is 0 Å². The monoisotopic (exact) mass is 314 g/mol. The average molecular weight is 314 g/mol. The number of nitrogens with two attached hydrogens (primary N) is 1. The Morgan fingerprint density at radius 1 is 1.22 bits per heavy atom. The highest BCUT2D eigenvalue weighted by atomic mass is 15.3. The molecule has 0 aromatic heterocycles. The maximum Gasteiger partial charge on any atom is 0.191 e. The van der Waals surface area contributed by atoms with E-state index in [1.807, 2.05) is 0 Å². The summed E-state index contributed by atoms with van der Waals surface area (Å²) in [6, 6.07) is 9.98. The van der Waals surface area contributed by atoms with Crippen molar-refractivity contribution in [2.75, 3.05) is 13.6 Å². The third-order valence-corrected chi connectivity index (χ3v) is 5.30. The molecule has 0 bridgehead atoms. The molecule has 3 rings (SSSR count). The Labute approximate surface area is 140 Å². The van der Waals surface area contributed by atoms with Gasteiger partial charge in [0.15, 0.2) is 5.96 Å².